The van der Waals surface area contributed by atoms with E-state index in [0.29, 0.717) is 12.3 Å². The molecule has 0 radical (unpaired) electrons. The van der Waals surface area contributed by atoms with Crippen LogP contribution in [0.3, 0.4) is 0 Å². The quantitative estimate of drug-likeness (QED) is 0.709. The molecule has 2 aliphatic rings. The summed E-state index contributed by atoms with van der Waals surface area (Å²) >= 11 is 1.17. The number of nitrogens with two attached hydrogens (primary N) is 1. The van der Waals surface area contributed by atoms with Gasteiger partial charge in [0.15, 0.2) is 0 Å². The van der Waals surface area contributed by atoms with Crippen molar-refractivity contribution in [3.05, 3.63) is 0 Å². The summed E-state index contributed by atoms with van der Waals surface area (Å²) in [6.07, 6.45) is 1.94. The summed E-state index contributed by atoms with van der Waals surface area (Å²) in [6, 6.07) is -0.250. The lowest BCUT2D eigenvalue weighted by Gasteiger charge is -2.32. The van der Waals surface area contributed by atoms with Gasteiger partial charge < -0.3 is 16.0 Å². The number of likely N-dealkylation sites (tertiary alicyclic amines) is 1. The van der Waals surface area contributed by atoms with Crippen LogP contribution in [-0.4, -0.2) is 47.0 Å². The number of amides is 2. The molecule has 5 nitrogen and oxygen atoms in total. The Morgan fingerprint density at radius 3 is 2.88 bits per heavy atom. The highest BCUT2D eigenvalue weighted by Crippen LogP contribution is 2.17. The summed E-state index contributed by atoms with van der Waals surface area (Å²) in [5, 5.41) is 2.56. The van der Waals surface area contributed by atoms with Gasteiger partial charge in [-0.15, -0.1) is 12.4 Å². The number of thioether (sulfide) groups is 1. The van der Waals surface area contributed by atoms with Crippen LogP contribution >= 0.6 is 24.2 Å². The van der Waals surface area contributed by atoms with Gasteiger partial charge in [0.1, 0.15) is 6.04 Å². The zero-order valence-corrected chi connectivity index (χ0v) is 10.5. The van der Waals surface area contributed by atoms with Crippen molar-refractivity contribution in [3.8, 4) is 0 Å². The third kappa shape index (κ3) is 3.02. The van der Waals surface area contributed by atoms with E-state index in [1.807, 2.05) is 0 Å². The minimum Gasteiger partial charge on any atom is -0.339 e. The number of hydrogen-bond donors (Lipinski definition) is 2. The first-order valence-corrected chi connectivity index (χ1v) is 6.13. The largest absolute Gasteiger partial charge is 0.339 e. The first-order chi connectivity index (χ1) is 7.16. The SMILES string of the molecule is Cl.N[C@@H]1CCCN(C(=O)[C@@H]2CSC(=O)N2)C1. The molecule has 2 heterocycles. The summed E-state index contributed by atoms with van der Waals surface area (Å²) in [7, 11) is 0. The minimum atomic E-state index is -0.340. The molecule has 92 valence electrons. The minimum absolute atomic E-state index is 0. The maximum absolute atomic E-state index is 11.9. The van der Waals surface area contributed by atoms with Crippen LogP contribution in [0.4, 0.5) is 4.79 Å². The van der Waals surface area contributed by atoms with Gasteiger partial charge in [-0.2, -0.15) is 0 Å². The molecule has 16 heavy (non-hydrogen) atoms. The van der Waals surface area contributed by atoms with E-state index < -0.39 is 0 Å². The first kappa shape index (κ1) is 13.6. The van der Waals surface area contributed by atoms with Crippen molar-refractivity contribution in [2.24, 2.45) is 5.73 Å². The maximum Gasteiger partial charge on any atom is 0.279 e. The zero-order valence-electron chi connectivity index (χ0n) is 8.85. The topological polar surface area (TPSA) is 75.4 Å². The molecule has 3 N–H and O–H groups in total. The Morgan fingerprint density at radius 2 is 2.31 bits per heavy atom. The van der Waals surface area contributed by atoms with E-state index in [0.717, 1.165) is 19.4 Å². The van der Waals surface area contributed by atoms with Crippen LogP contribution < -0.4 is 11.1 Å². The van der Waals surface area contributed by atoms with Crippen molar-refractivity contribution in [1.29, 1.82) is 0 Å². The van der Waals surface area contributed by atoms with Crippen molar-refractivity contribution in [3.63, 3.8) is 0 Å². The number of nitrogens with one attached hydrogen (secondary N) is 1. The first-order valence-electron chi connectivity index (χ1n) is 5.14. The Kier molecular flexibility index (Phi) is 4.89. The van der Waals surface area contributed by atoms with E-state index in [9.17, 15) is 9.59 Å². The molecule has 2 atom stereocenters. The molecule has 0 aromatic carbocycles. The van der Waals surface area contributed by atoms with Crippen LogP contribution in [0.5, 0.6) is 0 Å². The number of carbonyl (C=O) groups excluding carboxylic acids is 2. The standard InChI is InChI=1S/C9H15N3O2S.ClH/c10-6-2-1-3-12(4-6)8(13)7-5-15-9(14)11-7;/h6-7H,1-5,10H2,(H,11,14);1H/t6-,7+;/m1./s1. The monoisotopic (exact) mass is 265 g/mol. The fourth-order valence-electron chi connectivity index (χ4n) is 1.95. The van der Waals surface area contributed by atoms with Gasteiger partial charge in [0.05, 0.1) is 0 Å². The average molecular weight is 266 g/mol. The van der Waals surface area contributed by atoms with Gasteiger partial charge in [0, 0.05) is 24.9 Å². The van der Waals surface area contributed by atoms with E-state index in [1.54, 1.807) is 4.90 Å². The fourth-order valence-corrected chi connectivity index (χ4v) is 2.72. The molecule has 0 bridgehead atoms. The van der Waals surface area contributed by atoms with Crippen LogP contribution in [0, 0.1) is 0 Å². The van der Waals surface area contributed by atoms with Crippen LogP contribution in [0.15, 0.2) is 0 Å². The second kappa shape index (κ2) is 5.75. The van der Waals surface area contributed by atoms with Crippen LogP contribution in [0.25, 0.3) is 0 Å². The number of nitrogens with zero attached hydrogens (tertiary/aromatic N) is 1. The Balaban J connectivity index is 0.00000128. The molecule has 0 aromatic heterocycles. The van der Waals surface area contributed by atoms with Crippen molar-refractivity contribution >= 4 is 35.3 Å². The lowest BCUT2D eigenvalue weighted by molar-refractivity contribution is -0.133. The number of halogens is 1. The van der Waals surface area contributed by atoms with Gasteiger partial charge in [-0.25, -0.2) is 0 Å². The Labute approximate surface area is 105 Å². The van der Waals surface area contributed by atoms with Gasteiger partial charge in [-0.05, 0) is 12.8 Å². The smallest absolute Gasteiger partial charge is 0.279 e. The molecule has 2 aliphatic heterocycles. The van der Waals surface area contributed by atoms with E-state index >= 15 is 0 Å². The van der Waals surface area contributed by atoms with Crippen molar-refractivity contribution < 1.29 is 9.59 Å². The highest BCUT2D eigenvalue weighted by Gasteiger charge is 2.32. The molecule has 0 unspecified atom stereocenters. The van der Waals surface area contributed by atoms with E-state index in [4.69, 9.17) is 5.73 Å². The number of carbonyl (C=O) groups is 2. The highest BCUT2D eigenvalue weighted by atomic mass is 35.5. The van der Waals surface area contributed by atoms with Crippen LogP contribution in [-0.2, 0) is 4.79 Å². The highest BCUT2D eigenvalue weighted by molar-refractivity contribution is 8.14. The molecule has 2 amide bonds. The third-order valence-corrected chi connectivity index (χ3v) is 3.62. The molecule has 0 aromatic rings. The molecular weight excluding hydrogens is 250 g/mol. The lowest BCUT2D eigenvalue weighted by Crippen LogP contribution is -2.52. The Hall–Kier alpha value is -0.460. The lowest BCUT2D eigenvalue weighted by atomic mass is 10.1. The number of hydrogen-bond acceptors (Lipinski definition) is 4. The van der Waals surface area contributed by atoms with Gasteiger partial charge in [-0.1, -0.05) is 11.8 Å². The zero-order chi connectivity index (χ0) is 10.8. The summed E-state index contributed by atoms with van der Waals surface area (Å²) in [4.78, 5) is 24.7. The predicted octanol–water partition coefficient (Wildman–Crippen LogP) is 0.183. The second-order valence-corrected chi connectivity index (χ2v) is 4.97. The summed E-state index contributed by atoms with van der Waals surface area (Å²) in [5.41, 5.74) is 5.80. The van der Waals surface area contributed by atoms with Gasteiger partial charge in [0.2, 0.25) is 5.91 Å². The fraction of sp³-hybridized carbons (Fsp3) is 0.778. The number of piperidine rings is 1. The van der Waals surface area contributed by atoms with Crippen molar-refractivity contribution in [2.75, 3.05) is 18.8 Å². The van der Waals surface area contributed by atoms with Gasteiger partial charge in [-0.3, -0.25) is 9.59 Å². The molecule has 2 fully saturated rings. The van der Waals surface area contributed by atoms with Crippen molar-refractivity contribution in [1.82, 2.24) is 10.2 Å². The van der Waals surface area contributed by atoms with Gasteiger partial charge in [0.25, 0.3) is 5.24 Å². The van der Waals surface area contributed by atoms with Crippen LogP contribution in [0.1, 0.15) is 12.8 Å². The van der Waals surface area contributed by atoms with Crippen molar-refractivity contribution in [2.45, 2.75) is 24.9 Å². The summed E-state index contributed by atoms with van der Waals surface area (Å²) in [6.45, 7) is 1.39. The molecular formula is C9H16ClN3O2S. The molecule has 7 heteroatoms. The maximum atomic E-state index is 11.9. The summed E-state index contributed by atoms with van der Waals surface area (Å²) in [5.74, 6) is 0.562. The Morgan fingerprint density at radius 1 is 1.56 bits per heavy atom. The molecule has 0 spiro atoms. The third-order valence-electron chi connectivity index (χ3n) is 2.74. The van der Waals surface area contributed by atoms with E-state index in [1.165, 1.54) is 11.8 Å². The second-order valence-electron chi connectivity index (χ2n) is 3.98. The number of rotatable bonds is 1. The van der Waals surface area contributed by atoms with Crippen LogP contribution in [0.2, 0.25) is 0 Å². The molecule has 2 saturated heterocycles. The van der Waals surface area contributed by atoms with E-state index in [2.05, 4.69) is 5.32 Å². The molecule has 2 rings (SSSR count). The average Bonchev–Trinajstić information content (AvgIpc) is 2.64. The Bertz CT molecular complexity index is 290. The summed E-state index contributed by atoms with van der Waals surface area (Å²) < 4.78 is 0. The van der Waals surface area contributed by atoms with E-state index in [-0.39, 0.29) is 35.6 Å². The molecule has 0 aliphatic carbocycles. The normalized spacial score (nSPS) is 29.6. The molecule has 0 saturated carbocycles. The predicted molar refractivity (Wildman–Crippen MR) is 65.8 cm³/mol. The van der Waals surface area contributed by atoms with Gasteiger partial charge >= 0.3 is 0 Å².